The maximum absolute atomic E-state index is 10.9. The lowest BCUT2D eigenvalue weighted by Crippen LogP contribution is -1.92. The molecule has 3 rings (SSSR count). The fourth-order valence-corrected chi connectivity index (χ4v) is 2.37. The van der Waals surface area contributed by atoms with Crippen LogP contribution < -0.4 is 0 Å². The third kappa shape index (κ3) is 1.61. The van der Waals surface area contributed by atoms with Gasteiger partial charge in [0.2, 0.25) is 0 Å². The van der Waals surface area contributed by atoms with Crippen LogP contribution in [0.4, 0.5) is 0 Å². The average Bonchev–Trinajstić information content (AvgIpc) is 2.72. The summed E-state index contributed by atoms with van der Waals surface area (Å²) in [5, 5.41) is 10.1. The van der Waals surface area contributed by atoms with Gasteiger partial charge in [-0.25, -0.2) is 4.79 Å². The van der Waals surface area contributed by atoms with Gasteiger partial charge in [0.05, 0.1) is 11.1 Å². The zero-order valence-electron chi connectivity index (χ0n) is 8.72. The van der Waals surface area contributed by atoms with Gasteiger partial charge in [-0.05, 0) is 35.7 Å². The molecule has 0 spiro atoms. The fourth-order valence-electron chi connectivity index (χ4n) is 1.99. The lowest BCUT2D eigenvalue weighted by atomic mass is 10.2. The van der Waals surface area contributed by atoms with Crippen LogP contribution in [0.25, 0.3) is 16.4 Å². The van der Waals surface area contributed by atoms with Gasteiger partial charge < -0.3 is 9.51 Å². The monoisotopic (exact) mass is 289 g/mol. The largest absolute Gasteiger partial charge is 0.478 e. The molecule has 0 aliphatic rings. The van der Waals surface area contributed by atoms with E-state index < -0.39 is 5.97 Å². The van der Waals surface area contributed by atoms with Crippen LogP contribution in [-0.2, 0) is 0 Å². The molecule has 1 N–H and O–H groups in total. The van der Waals surface area contributed by atoms with Crippen LogP contribution in [0.3, 0.4) is 0 Å². The molecule has 0 saturated carbocycles. The highest BCUT2D eigenvalue weighted by Gasteiger charge is 2.08. The summed E-state index contributed by atoms with van der Waals surface area (Å²) < 4.78 is 2.90. The van der Waals surface area contributed by atoms with Crippen molar-refractivity contribution >= 4 is 38.3 Å². The SMILES string of the molecule is O=C(O)c1cc2ccc3cc(Br)ccc3n2c1. The Morgan fingerprint density at radius 2 is 2.00 bits per heavy atom. The van der Waals surface area contributed by atoms with Crippen molar-refractivity contribution in [2.45, 2.75) is 0 Å². The summed E-state index contributed by atoms with van der Waals surface area (Å²) in [7, 11) is 0. The Morgan fingerprint density at radius 1 is 1.18 bits per heavy atom. The molecule has 1 aromatic carbocycles. The zero-order valence-corrected chi connectivity index (χ0v) is 10.3. The standard InChI is InChI=1S/C13H8BrNO2/c14-10-2-4-12-8(5-10)1-3-11-6-9(13(16)17)7-15(11)12/h1-7H,(H,16,17). The Hall–Kier alpha value is -1.81. The van der Waals surface area contributed by atoms with Gasteiger partial charge in [0.15, 0.2) is 0 Å². The van der Waals surface area contributed by atoms with Crippen molar-refractivity contribution in [2.75, 3.05) is 0 Å². The molecule has 3 nitrogen and oxygen atoms in total. The van der Waals surface area contributed by atoms with Crippen molar-refractivity contribution in [3.8, 4) is 0 Å². The second-order valence-corrected chi connectivity index (χ2v) is 4.78. The quantitative estimate of drug-likeness (QED) is 0.744. The molecule has 84 valence electrons. The zero-order chi connectivity index (χ0) is 12.0. The van der Waals surface area contributed by atoms with Crippen molar-refractivity contribution in [1.82, 2.24) is 4.40 Å². The van der Waals surface area contributed by atoms with Crippen molar-refractivity contribution in [1.29, 1.82) is 0 Å². The molecular weight excluding hydrogens is 282 g/mol. The minimum absolute atomic E-state index is 0.306. The van der Waals surface area contributed by atoms with Gasteiger partial charge in [0, 0.05) is 16.2 Å². The molecule has 0 fully saturated rings. The topological polar surface area (TPSA) is 41.7 Å². The number of aromatic carboxylic acids is 1. The number of hydrogen-bond donors (Lipinski definition) is 1. The van der Waals surface area contributed by atoms with Crippen LogP contribution in [0, 0.1) is 0 Å². The van der Waals surface area contributed by atoms with E-state index in [9.17, 15) is 4.79 Å². The van der Waals surface area contributed by atoms with Gasteiger partial charge in [-0.1, -0.05) is 22.0 Å². The van der Waals surface area contributed by atoms with Gasteiger partial charge in [0.1, 0.15) is 0 Å². The minimum Gasteiger partial charge on any atom is -0.478 e. The van der Waals surface area contributed by atoms with E-state index in [1.54, 1.807) is 12.3 Å². The molecule has 3 aromatic rings. The molecule has 17 heavy (non-hydrogen) atoms. The first-order chi connectivity index (χ1) is 8.15. The molecule has 2 aromatic heterocycles. The van der Waals surface area contributed by atoms with Gasteiger partial charge in [-0.2, -0.15) is 0 Å². The van der Waals surface area contributed by atoms with E-state index in [-0.39, 0.29) is 0 Å². The number of benzene rings is 1. The van der Waals surface area contributed by atoms with E-state index in [0.29, 0.717) is 5.56 Å². The van der Waals surface area contributed by atoms with Gasteiger partial charge in [-0.3, -0.25) is 0 Å². The molecule has 0 saturated heterocycles. The minimum atomic E-state index is -0.904. The Labute approximate surface area is 105 Å². The summed E-state index contributed by atoms with van der Waals surface area (Å²) in [4.78, 5) is 10.9. The number of pyridine rings is 1. The molecule has 4 heteroatoms. The predicted octanol–water partition coefficient (Wildman–Crippen LogP) is 3.55. The Kier molecular flexibility index (Phi) is 2.19. The van der Waals surface area contributed by atoms with Crippen molar-refractivity contribution in [2.24, 2.45) is 0 Å². The summed E-state index contributed by atoms with van der Waals surface area (Å²) in [6.07, 6.45) is 1.65. The van der Waals surface area contributed by atoms with E-state index >= 15 is 0 Å². The first kappa shape index (κ1) is 10.4. The Morgan fingerprint density at radius 3 is 2.76 bits per heavy atom. The average molecular weight is 290 g/mol. The molecule has 0 bridgehead atoms. The van der Waals surface area contributed by atoms with Crippen molar-refractivity contribution in [3.05, 3.63) is 52.6 Å². The first-order valence-electron chi connectivity index (χ1n) is 5.09. The number of aromatic nitrogens is 1. The number of hydrogen-bond acceptors (Lipinski definition) is 1. The second kappa shape index (κ2) is 3.60. The number of carboxylic acids is 1. The maximum atomic E-state index is 10.9. The molecule has 0 amide bonds. The molecule has 2 heterocycles. The van der Waals surface area contributed by atoms with Gasteiger partial charge in [0.25, 0.3) is 0 Å². The van der Waals surface area contributed by atoms with Gasteiger partial charge >= 0.3 is 5.97 Å². The Bertz CT molecular complexity index is 746. The molecule has 0 atom stereocenters. The van der Waals surface area contributed by atoms with E-state index in [0.717, 1.165) is 20.9 Å². The number of nitrogens with zero attached hydrogens (tertiary/aromatic N) is 1. The molecule has 0 aliphatic heterocycles. The highest BCUT2D eigenvalue weighted by atomic mass is 79.9. The number of halogens is 1. The number of rotatable bonds is 1. The third-order valence-electron chi connectivity index (χ3n) is 2.78. The van der Waals surface area contributed by atoms with E-state index in [1.165, 1.54) is 0 Å². The van der Waals surface area contributed by atoms with E-state index in [4.69, 9.17) is 5.11 Å². The van der Waals surface area contributed by atoms with Crippen LogP contribution in [0.5, 0.6) is 0 Å². The number of carbonyl (C=O) groups is 1. The summed E-state index contributed by atoms with van der Waals surface area (Å²) in [6.45, 7) is 0. The molecule has 0 radical (unpaired) electrons. The summed E-state index contributed by atoms with van der Waals surface area (Å²) in [5.74, 6) is -0.904. The second-order valence-electron chi connectivity index (χ2n) is 3.87. The van der Waals surface area contributed by atoms with E-state index in [2.05, 4.69) is 15.9 Å². The number of fused-ring (bicyclic) bond motifs is 3. The molecule has 0 aliphatic carbocycles. The highest BCUT2D eigenvalue weighted by Crippen LogP contribution is 2.23. The van der Waals surface area contributed by atoms with Crippen LogP contribution in [0.15, 0.2) is 47.1 Å². The van der Waals surface area contributed by atoms with Crippen molar-refractivity contribution in [3.63, 3.8) is 0 Å². The van der Waals surface area contributed by atoms with Crippen LogP contribution in [0.1, 0.15) is 10.4 Å². The fraction of sp³-hybridized carbons (Fsp3) is 0. The normalized spacial score (nSPS) is 11.1. The number of carboxylic acid groups (broad SMARTS) is 1. The highest BCUT2D eigenvalue weighted by molar-refractivity contribution is 9.10. The third-order valence-corrected chi connectivity index (χ3v) is 3.27. The molecular formula is C13H8BrNO2. The summed E-state index contributed by atoms with van der Waals surface area (Å²) in [5.41, 5.74) is 2.19. The lowest BCUT2D eigenvalue weighted by Gasteiger charge is -2.02. The maximum Gasteiger partial charge on any atom is 0.337 e. The summed E-state index contributed by atoms with van der Waals surface area (Å²) >= 11 is 3.42. The van der Waals surface area contributed by atoms with Crippen LogP contribution in [0.2, 0.25) is 0 Å². The van der Waals surface area contributed by atoms with Crippen LogP contribution >= 0.6 is 15.9 Å². The Balaban J connectivity index is 2.42. The van der Waals surface area contributed by atoms with Crippen molar-refractivity contribution < 1.29 is 9.90 Å². The molecule has 0 unspecified atom stereocenters. The van der Waals surface area contributed by atoms with Gasteiger partial charge in [-0.15, -0.1) is 0 Å². The predicted molar refractivity (Wildman–Crippen MR) is 69.6 cm³/mol. The van der Waals surface area contributed by atoms with Crippen LogP contribution in [-0.4, -0.2) is 15.5 Å². The smallest absolute Gasteiger partial charge is 0.337 e. The first-order valence-corrected chi connectivity index (χ1v) is 5.88. The lowest BCUT2D eigenvalue weighted by molar-refractivity contribution is 0.0697. The summed E-state index contributed by atoms with van der Waals surface area (Å²) in [6, 6.07) is 11.5. The van der Waals surface area contributed by atoms with E-state index in [1.807, 2.05) is 34.7 Å².